The zero-order valence-corrected chi connectivity index (χ0v) is 15.7. The van der Waals surface area contributed by atoms with Crippen molar-refractivity contribution in [2.75, 3.05) is 31.2 Å². The van der Waals surface area contributed by atoms with E-state index in [1.807, 2.05) is 37.3 Å². The Morgan fingerprint density at radius 2 is 1.92 bits per heavy atom. The zero-order valence-electron chi connectivity index (χ0n) is 15.7. The van der Waals surface area contributed by atoms with Gasteiger partial charge in [-0.25, -0.2) is 0 Å². The highest BCUT2D eigenvalue weighted by Gasteiger charge is 2.18. The fourth-order valence-electron chi connectivity index (χ4n) is 3.54. The number of aliphatic hydroxyl groups is 1. The maximum Gasteiger partial charge on any atom is 0.142 e. The van der Waals surface area contributed by atoms with Crippen LogP contribution in [0.2, 0.25) is 0 Å². The molecule has 0 amide bonds. The number of benzene rings is 2. The molecule has 2 atom stereocenters. The highest BCUT2D eigenvalue weighted by molar-refractivity contribution is 5.59. The van der Waals surface area contributed by atoms with Gasteiger partial charge in [0.1, 0.15) is 24.7 Å². The molecule has 1 heterocycles. The Labute approximate surface area is 156 Å². The molecule has 0 saturated carbocycles. The molecule has 0 saturated heterocycles. The van der Waals surface area contributed by atoms with E-state index in [0.29, 0.717) is 13.2 Å². The van der Waals surface area contributed by atoms with Crippen LogP contribution in [0.1, 0.15) is 38.2 Å². The molecule has 0 aliphatic carbocycles. The van der Waals surface area contributed by atoms with E-state index in [4.69, 9.17) is 9.47 Å². The van der Waals surface area contributed by atoms with Gasteiger partial charge in [-0.15, -0.1) is 0 Å². The van der Waals surface area contributed by atoms with Gasteiger partial charge in [-0.2, -0.15) is 0 Å². The molecule has 0 aromatic heterocycles. The number of aliphatic hydroxyl groups excluding tert-OH is 1. The van der Waals surface area contributed by atoms with Gasteiger partial charge >= 0.3 is 0 Å². The number of rotatable bonds is 8. The summed E-state index contributed by atoms with van der Waals surface area (Å²) in [5, 5.41) is 9.98. The van der Waals surface area contributed by atoms with Crippen molar-refractivity contribution in [3.8, 4) is 11.5 Å². The summed E-state index contributed by atoms with van der Waals surface area (Å²) in [4.78, 5) is 2.30. The second-order valence-corrected chi connectivity index (χ2v) is 6.86. The van der Waals surface area contributed by atoms with Crippen molar-refractivity contribution in [2.24, 2.45) is 0 Å². The first-order valence-corrected chi connectivity index (χ1v) is 9.56. The van der Waals surface area contributed by atoms with E-state index in [-0.39, 0.29) is 12.0 Å². The van der Waals surface area contributed by atoms with E-state index in [1.54, 1.807) is 0 Å². The van der Waals surface area contributed by atoms with E-state index >= 15 is 0 Å². The van der Waals surface area contributed by atoms with Gasteiger partial charge in [0.2, 0.25) is 0 Å². The molecule has 0 radical (unpaired) electrons. The van der Waals surface area contributed by atoms with Crippen molar-refractivity contribution >= 4 is 5.69 Å². The first-order valence-electron chi connectivity index (χ1n) is 9.56. The molecule has 1 N–H and O–H groups in total. The Bertz CT molecular complexity index is 684. The molecule has 26 heavy (non-hydrogen) atoms. The second-order valence-electron chi connectivity index (χ2n) is 6.86. The highest BCUT2D eigenvalue weighted by atomic mass is 16.5. The summed E-state index contributed by atoms with van der Waals surface area (Å²) in [6.45, 7) is 7.06. The number of nitrogens with zero attached hydrogens (tertiary/aromatic N) is 1. The van der Waals surface area contributed by atoms with Crippen LogP contribution in [0.4, 0.5) is 5.69 Å². The van der Waals surface area contributed by atoms with E-state index in [0.717, 1.165) is 43.1 Å². The molecule has 2 aromatic rings. The summed E-state index contributed by atoms with van der Waals surface area (Å²) in [5.41, 5.74) is 2.31. The van der Waals surface area contributed by atoms with Gasteiger partial charge < -0.3 is 19.5 Å². The highest BCUT2D eigenvalue weighted by Crippen LogP contribution is 2.31. The molecule has 0 spiro atoms. The van der Waals surface area contributed by atoms with E-state index in [2.05, 4.69) is 30.0 Å². The zero-order chi connectivity index (χ0) is 18.4. The van der Waals surface area contributed by atoms with Gasteiger partial charge in [-0.1, -0.05) is 37.6 Å². The number of anilines is 1. The van der Waals surface area contributed by atoms with Crippen molar-refractivity contribution < 1.29 is 14.6 Å². The lowest BCUT2D eigenvalue weighted by atomic mass is 9.90. The van der Waals surface area contributed by atoms with Crippen LogP contribution in [0.3, 0.4) is 0 Å². The maximum absolute atomic E-state index is 9.98. The van der Waals surface area contributed by atoms with Crippen LogP contribution in [0, 0.1) is 0 Å². The Hall–Kier alpha value is -2.20. The number of fused-ring (bicyclic) bond motifs is 1. The van der Waals surface area contributed by atoms with Crippen molar-refractivity contribution in [3.05, 3.63) is 54.1 Å². The first kappa shape index (κ1) is 18.6. The molecular weight excluding hydrogens is 326 g/mol. The van der Waals surface area contributed by atoms with Gasteiger partial charge in [0.15, 0.2) is 0 Å². The largest absolute Gasteiger partial charge is 0.492 e. The third kappa shape index (κ3) is 4.50. The summed E-state index contributed by atoms with van der Waals surface area (Å²) in [7, 11) is 0. The Kier molecular flexibility index (Phi) is 6.40. The lowest BCUT2D eigenvalue weighted by Crippen LogP contribution is -2.35. The average Bonchev–Trinajstić information content (AvgIpc) is 2.67. The van der Waals surface area contributed by atoms with Gasteiger partial charge in [-0.3, -0.25) is 0 Å². The van der Waals surface area contributed by atoms with Crippen LogP contribution in [0.15, 0.2) is 48.5 Å². The molecule has 4 nitrogen and oxygen atoms in total. The minimum atomic E-state index is -0.330. The van der Waals surface area contributed by atoms with Crippen molar-refractivity contribution in [3.63, 3.8) is 0 Å². The lowest BCUT2D eigenvalue weighted by molar-refractivity contribution is 0.157. The van der Waals surface area contributed by atoms with Crippen molar-refractivity contribution in [1.82, 2.24) is 0 Å². The van der Waals surface area contributed by atoms with E-state index < -0.39 is 0 Å². The number of hydrogen-bond acceptors (Lipinski definition) is 4. The molecule has 0 bridgehead atoms. The van der Waals surface area contributed by atoms with Crippen LogP contribution >= 0.6 is 0 Å². The SMILES string of the molecule is CCCC(c1ccc(OCCN2CCOc3ccccc32)cc1)C(C)O. The van der Waals surface area contributed by atoms with Crippen LogP contribution in [0.5, 0.6) is 11.5 Å². The van der Waals surface area contributed by atoms with E-state index in [1.165, 1.54) is 5.56 Å². The summed E-state index contributed by atoms with van der Waals surface area (Å²) in [5.74, 6) is 2.01. The summed E-state index contributed by atoms with van der Waals surface area (Å²) >= 11 is 0. The molecular formula is C22H29NO3. The summed E-state index contributed by atoms with van der Waals surface area (Å²) in [6.07, 6.45) is 1.73. The smallest absolute Gasteiger partial charge is 0.142 e. The Balaban J connectivity index is 1.54. The molecule has 2 unspecified atom stereocenters. The normalized spacial score (nSPS) is 15.7. The monoisotopic (exact) mass is 355 g/mol. The average molecular weight is 355 g/mol. The second kappa shape index (κ2) is 8.95. The predicted molar refractivity (Wildman–Crippen MR) is 105 cm³/mol. The fraction of sp³-hybridized carbons (Fsp3) is 0.455. The predicted octanol–water partition coefficient (Wildman–Crippen LogP) is 4.23. The van der Waals surface area contributed by atoms with Crippen molar-refractivity contribution in [1.29, 1.82) is 0 Å². The molecule has 1 aliphatic rings. The third-order valence-electron chi connectivity index (χ3n) is 4.94. The first-order chi connectivity index (χ1) is 12.7. The van der Waals surface area contributed by atoms with Crippen molar-refractivity contribution in [2.45, 2.75) is 38.7 Å². The quantitative estimate of drug-likeness (QED) is 0.769. The molecule has 4 heteroatoms. The number of hydrogen-bond donors (Lipinski definition) is 1. The standard InChI is InChI=1S/C22H29NO3/c1-3-6-20(17(2)24)18-9-11-19(12-10-18)25-15-13-23-14-16-26-22-8-5-4-7-21(22)23/h4-5,7-12,17,20,24H,3,6,13-16H2,1-2H3. The summed E-state index contributed by atoms with van der Waals surface area (Å²) < 4.78 is 11.6. The Morgan fingerprint density at radius 1 is 1.15 bits per heavy atom. The summed E-state index contributed by atoms with van der Waals surface area (Å²) in [6, 6.07) is 16.3. The molecule has 1 aliphatic heterocycles. The molecule has 3 rings (SSSR count). The molecule has 2 aromatic carbocycles. The fourth-order valence-corrected chi connectivity index (χ4v) is 3.54. The Morgan fingerprint density at radius 3 is 2.65 bits per heavy atom. The van der Waals surface area contributed by atoms with Crippen LogP contribution < -0.4 is 14.4 Å². The van der Waals surface area contributed by atoms with Gasteiger partial charge in [0.05, 0.1) is 24.9 Å². The van der Waals surface area contributed by atoms with Crippen LogP contribution in [0.25, 0.3) is 0 Å². The molecule has 140 valence electrons. The topological polar surface area (TPSA) is 41.9 Å². The van der Waals surface area contributed by atoms with Gasteiger partial charge in [0, 0.05) is 5.92 Å². The number of ether oxygens (including phenoxy) is 2. The molecule has 0 fully saturated rings. The van der Waals surface area contributed by atoms with E-state index in [9.17, 15) is 5.11 Å². The number of para-hydroxylation sites is 2. The van der Waals surface area contributed by atoms with Crippen LogP contribution in [-0.4, -0.2) is 37.5 Å². The van der Waals surface area contributed by atoms with Gasteiger partial charge in [0.25, 0.3) is 0 Å². The minimum absolute atomic E-state index is 0.193. The lowest BCUT2D eigenvalue weighted by Gasteiger charge is -2.31. The third-order valence-corrected chi connectivity index (χ3v) is 4.94. The maximum atomic E-state index is 9.98. The minimum Gasteiger partial charge on any atom is -0.492 e. The van der Waals surface area contributed by atoms with Crippen LogP contribution in [-0.2, 0) is 0 Å². The van der Waals surface area contributed by atoms with Gasteiger partial charge in [-0.05, 0) is 43.2 Å².